The monoisotopic (exact) mass is 326 g/mol. The summed E-state index contributed by atoms with van der Waals surface area (Å²) in [6.45, 7) is 4.44. The molecule has 3 rings (SSSR count). The van der Waals surface area contributed by atoms with Crippen LogP contribution >= 0.6 is 23.2 Å². The molecule has 1 heterocycles. The predicted molar refractivity (Wildman–Crippen MR) is 90.2 cm³/mol. The first-order valence-corrected chi connectivity index (χ1v) is 8.84. The van der Waals surface area contributed by atoms with Gasteiger partial charge in [0.1, 0.15) is 0 Å². The van der Waals surface area contributed by atoms with Crippen molar-refractivity contribution in [2.45, 2.75) is 50.6 Å². The van der Waals surface area contributed by atoms with Gasteiger partial charge in [-0.05, 0) is 50.0 Å². The van der Waals surface area contributed by atoms with Crippen LogP contribution in [-0.2, 0) is 6.54 Å². The van der Waals surface area contributed by atoms with E-state index >= 15 is 0 Å². The van der Waals surface area contributed by atoms with Crippen molar-refractivity contribution in [3.8, 4) is 0 Å². The van der Waals surface area contributed by atoms with Crippen LogP contribution in [0.1, 0.15) is 44.1 Å². The average Bonchev–Trinajstić information content (AvgIpc) is 2.66. The summed E-state index contributed by atoms with van der Waals surface area (Å²) in [5.41, 5.74) is 1.61. The number of hydrogen-bond acceptors (Lipinski definition) is 2. The summed E-state index contributed by atoms with van der Waals surface area (Å²) in [6.07, 6.45) is 8.01. The van der Waals surface area contributed by atoms with Gasteiger partial charge in [-0.2, -0.15) is 0 Å². The molecule has 2 fully saturated rings. The average molecular weight is 327 g/mol. The topological polar surface area (TPSA) is 15.3 Å². The van der Waals surface area contributed by atoms with Crippen LogP contribution in [0.15, 0.2) is 18.2 Å². The normalized spacial score (nSPS) is 23.1. The summed E-state index contributed by atoms with van der Waals surface area (Å²) in [4.78, 5) is 2.59. The highest BCUT2D eigenvalue weighted by Crippen LogP contribution is 2.31. The molecule has 0 atom stereocenters. The molecule has 1 saturated heterocycles. The van der Waals surface area contributed by atoms with Crippen LogP contribution in [-0.4, -0.2) is 30.1 Å². The van der Waals surface area contributed by atoms with E-state index in [2.05, 4.69) is 16.3 Å². The van der Waals surface area contributed by atoms with Gasteiger partial charge < -0.3 is 5.32 Å². The SMILES string of the molecule is Clc1ccc(CN2CCCNC3(CCCCC3)C2)cc1Cl. The first kappa shape index (κ1) is 15.6. The van der Waals surface area contributed by atoms with Crippen molar-refractivity contribution in [2.24, 2.45) is 0 Å². The maximum absolute atomic E-state index is 6.14. The second kappa shape index (κ2) is 6.87. The summed E-state index contributed by atoms with van der Waals surface area (Å²) in [5.74, 6) is 0. The molecule has 21 heavy (non-hydrogen) atoms. The fourth-order valence-electron chi connectivity index (χ4n) is 3.81. The highest BCUT2D eigenvalue weighted by atomic mass is 35.5. The minimum Gasteiger partial charge on any atom is -0.310 e. The third kappa shape index (κ3) is 3.92. The maximum atomic E-state index is 6.14. The Morgan fingerprint density at radius 1 is 1.05 bits per heavy atom. The zero-order chi connectivity index (χ0) is 14.7. The van der Waals surface area contributed by atoms with Crippen molar-refractivity contribution >= 4 is 23.2 Å². The standard InChI is InChI=1S/C17H24Cl2N2/c18-15-6-5-14(11-16(15)19)12-21-10-4-9-20-17(13-21)7-2-1-3-8-17/h5-6,11,20H,1-4,7-10,12-13H2. The van der Waals surface area contributed by atoms with Gasteiger partial charge in [0.15, 0.2) is 0 Å². The van der Waals surface area contributed by atoms with Gasteiger partial charge in [0.25, 0.3) is 0 Å². The molecule has 4 heteroatoms. The van der Waals surface area contributed by atoms with Gasteiger partial charge in [0.2, 0.25) is 0 Å². The first-order chi connectivity index (χ1) is 10.2. The molecule has 1 aliphatic carbocycles. The van der Waals surface area contributed by atoms with Crippen LogP contribution in [0.5, 0.6) is 0 Å². The highest BCUT2D eigenvalue weighted by molar-refractivity contribution is 6.42. The van der Waals surface area contributed by atoms with Crippen LogP contribution in [0.4, 0.5) is 0 Å². The fourth-order valence-corrected chi connectivity index (χ4v) is 4.13. The molecule has 1 aromatic rings. The van der Waals surface area contributed by atoms with Crippen LogP contribution < -0.4 is 5.32 Å². The molecule has 0 bridgehead atoms. The lowest BCUT2D eigenvalue weighted by Crippen LogP contribution is -2.52. The van der Waals surface area contributed by atoms with Gasteiger partial charge >= 0.3 is 0 Å². The van der Waals surface area contributed by atoms with Crippen LogP contribution in [0, 0.1) is 0 Å². The molecule has 1 N–H and O–H groups in total. The Kier molecular flexibility index (Phi) is 5.11. The van der Waals surface area contributed by atoms with Crippen molar-refractivity contribution in [2.75, 3.05) is 19.6 Å². The van der Waals surface area contributed by atoms with Crippen LogP contribution in [0.2, 0.25) is 10.0 Å². The van der Waals surface area contributed by atoms with E-state index in [-0.39, 0.29) is 0 Å². The Labute approximate surface area is 137 Å². The molecule has 1 spiro atoms. The van der Waals surface area contributed by atoms with Gasteiger partial charge in [-0.3, -0.25) is 4.90 Å². The number of halogens is 2. The number of nitrogens with one attached hydrogen (secondary N) is 1. The van der Waals surface area contributed by atoms with E-state index in [1.54, 1.807) is 0 Å². The minimum atomic E-state index is 0.352. The number of rotatable bonds is 2. The number of benzene rings is 1. The minimum absolute atomic E-state index is 0.352. The summed E-state index contributed by atoms with van der Waals surface area (Å²) >= 11 is 12.2. The Balaban J connectivity index is 1.69. The Hall–Kier alpha value is -0.280. The smallest absolute Gasteiger partial charge is 0.0595 e. The maximum Gasteiger partial charge on any atom is 0.0595 e. The van der Waals surface area contributed by atoms with Crippen LogP contribution in [0.25, 0.3) is 0 Å². The van der Waals surface area contributed by atoms with E-state index in [0.717, 1.165) is 26.2 Å². The van der Waals surface area contributed by atoms with Gasteiger partial charge in [0.05, 0.1) is 10.0 Å². The molecule has 116 valence electrons. The zero-order valence-electron chi connectivity index (χ0n) is 12.5. The van der Waals surface area contributed by atoms with E-state index in [9.17, 15) is 0 Å². The summed E-state index contributed by atoms with van der Waals surface area (Å²) in [5, 5.41) is 5.15. The molecule has 0 unspecified atom stereocenters. The van der Waals surface area contributed by atoms with Gasteiger partial charge in [-0.1, -0.05) is 48.5 Å². The summed E-state index contributed by atoms with van der Waals surface area (Å²) < 4.78 is 0. The lowest BCUT2D eigenvalue weighted by Gasteiger charge is -2.40. The zero-order valence-corrected chi connectivity index (χ0v) is 14.0. The third-order valence-electron chi connectivity index (χ3n) is 4.88. The lowest BCUT2D eigenvalue weighted by molar-refractivity contribution is 0.159. The van der Waals surface area contributed by atoms with Crippen molar-refractivity contribution in [3.05, 3.63) is 33.8 Å². The molecule has 0 radical (unpaired) electrons. The highest BCUT2D eigenvalue weighted by Gasteiger charge is 2.34. The lowest BCUT2D eigenvalue weighted by atomic mass is 9.81. The Morgan fingerprint density at radius 2 is 1.86 bits per heavy atom. The fraction of sp³-hybridized carbons (Fsp3) is 0.647. The largest absolute Gasteiger partial charge is 0.310 e. The summed E-state index contributed by atoms with van der Waals surface area (Å²) in [7, 11) is 0. The van der Waals surface area contributed by atoms with E-state index < -0.39 is 0 Å². The molecule has 1 aliphatic heterocycles. The molecular weight excluding hydrogens is 303 g/mol. The van der Waals surface area contributed by atoms with Gasteiger partial charge in [-0.25, -0.2) is 0 Å². The Bertz CT molecular complexity index is 484. The molecule has 0 aromatic heterocycles. The summed E-state index contributed by atoms with van der Waals surface area (Å²) in [6, 6.07) is 6.02. The van der Waals surface area contributed by atoms with Gasteiger partial charge in [0, 0.05) is 18.6 Å². The molecule has 1 aromatic carbocycles. The van der Waals surface area contributed by atoms with Crippen molar-refractivity contribution in [3.63, 3.8) is 0 Å². The second-order valence-electron chi connectivity index (χ2n) is 6.58. The van der Waals surface area contributed by atoms with Crippen molar-refractivity contribution in [1.82, 2.24) is 10.2 Å². The van der Waals surface area contributed by atoms with Gasteiger partial charge in [-0.15, -0.1) is 0 Å². The Morgan fingerprint density at radius 3 is 2.62 bits per heavy atom. The molecule has 1 saturated carbocycles. The number of nitrogens with zero attached hydrogens (tertiary/aromatic N) is 1. The molecule has 2 aliphatic rings. The molecule has 2 nitrogen and oxygen atoms in total. The number of hydrogen-bond donors (Lipinski definition) is 1. The van der Waals surface area contributed by atoms with Crippen molar-refractivity contribution in [1.29, 1.82) is 0 Å². The second-order valence-corrected chi connectivity index (χ2v) is 7.39. The van der Waals surface area contributed by atoms with Crippen molar-refractivity contribution < 1.29 is 0 Å². The quantitative estimate of drug-likeness (QED) is 0.861. The van der Waals surface area contributed by atoms with E-state index in [1.807, 2.05) is 12.1 Å². The van der Waals surface area contributed by atoms with E-state index in [0.29, 0.717) is 15.6 Å². The predicted octanol–water partition coefficient (Wildman–Crippen LogP) is 4.49. The third-order valence-corrected chi connectivity index (χ3v) is 5.62. The first-order valence-electron chi connectivity index (χ1n) is 8.08. The molecular formula is C17H24Cl2N2. The van der Waals surface area contributed by atoms with E-state index in [1.165, 1.54) is 44.1 Å². The molecule has 0 amide bonds. The van der Waals surface area contributed by atoms with Crippen LogP contribution in [0.3, 0.4) is 0 Å². The van der Waals surface area contributed by atoms with E-state index in [4.69, 9.17) is 23.2 Å².